The van der Waals surface area contributed by atoms with Crippen molar-refractivity contribution in [1.82, 2.24) is 14.8 Å². The van der Waals surface area contributed by atoms with Crippen LogP contribution in [-0.4, -0.2) is 71.7 Å². The lowest BCUT2D eigenvalue weighted by Gasteiger charge is -2.38. The van der Waals surface area contributed by atoms with Crippen molar-refractivity contribution in [2.24, 2.45) is 0 Å². The highest BCUT2D eigenvalue weighted by Gasteiger charge is 2.27. The number of hydrogen-bond donors (Lipinski definition) is 0. The standard InChI is InChI=1S/C27H37ClN4O2/c1-27(2,3)34-26(33)24-10-6-11-25(29-24)32-15-7-14-31(18-19-32)22-12-16-30(17-13-22)20-21-8-4-5-9-23(21)28/h4-6,8-11,22H,7,12-20H2,1-3H3. The SMILES string of the molecule is CC(C)(C)OC(=O)c1cccc(N2CCCN(C3CCN(Cc4ccccc4Cl)CC3)CC2)n1. The van der Waals surface area contributed by atoms with Crippen LogP contribution in [0, 0.1) is 0 Å². The van der Waals surface area contributed by atoms with Gasteiger partial charge in [0, 0.05) is 43.8 Å². The monoisotopic (exact) mass is 484 g/mol. The molecule has 2 aromatic rings. The first-order valence-corrected chi connectivity index (χ1v) is 12.8. The molecule has 0 radical (unpaired) electrons. The Morgan fingerprint density at radius 3 is 2.50 bits per heavy atom. The molecular formula is C27H37ClN4O2. The Hall–Kier alpha value is -2.15. The maximum absolute atomic E-state index is 12.5. The molecule has 1 aromatic carbocycles. The number of halogens is 1. The molecule has 2 saturated heterocycles. The van der Waals surface area contributed by atoms with E-state index in [1.54, 1.807) is 6.07 Å². The molecule has 0 N–H and O–H groups in total. The highest BCUT2D eigenvalue weighted by molar-refractivity contribution is 6.31. The minimum absolute atomic E-state index is 0.366. The molecule has 2 aliphatic heterocycles. The summed E-state index contributed by atoms with van der Waals surface area (Å²) in [6.45, 7) is 12.8. The number of benzene rings is 1. The Kier molecular flexibility index (Phi) is 8.12. The Labute approximate surface area is 208 Å². The predicted molar refractivity (Wildman–Crippen MR) is 138 cm³/mol. The van der Waals surface area contributed by atoms with Crippen molar-refractivity contribution in [3.05, 3.63) is 58.7 Å². The first kappa shape index (κ1) is 25.0. The van der Waals surface area contributed by atoms with E-state index >= 15 is 0 Å². The number of rotatable bonds is 5. The van der Waals surface area contributed by atoms with Gasteiger partial charge in [0.25, 0.3) is 0 Å². The number of esters is 1. The average Bonchev–Trinajstić information content (AvgIpc) is 3.07. The van der Waals surface area contributed by atoms with Gasteiger partial charge in [0.2, 0.25) is 0 Å². The van der Waals surface area contributed by atoms with Gasteiger partial charge in [-0.2, -0.15) is 0 Å². The molecule has 0 amide bonds. The topological polar surface area (TPSA) is 48.9 Å². The predicted octanol–water partition coefficient (Wildman–Crippen LogP) is 4.87. The van der Waals surface area contributed by atoms with Gasteiger partial charge in [0.1, 0.15) is 11.4 Å². The van der Waals surface area contributed by atoms with Gasteiger partial charge < -0.3 is 9.64 Å². The number of likely N-dealkylation sites (tertiary alicyclic amines) is 1. The molecule has 0 unspecified atom stereocenters. The second-order valence-electron chi connectivity index (χ2n) is 10.4. The van der Waals surface area contributed by atoms with E-state index in [4.69, 9.17) is 16.3 Å². The molecule has 0 aliphatic carbocycles. The van der Waals surface area contributed by atoms with E-state index in [2.05, 4.69) is 31.8 Å². The van der Waals surface area contributed by atoms with Crippen LogP contribution in [0.1, 0.15) is 56.1 Å². The normalized spacial score (nSPS) is 19.1. The van der Waals surface area contributed by atoms with Gasteiger partial charge in [-0.25, -0.2) is 9.78 Å². The molecule has 1 aromatic heterocycles. The molecule has 0 atom stereocenters. The molecule has 0 spiro atoms. The minimum atomic E-state index is -0.527. The minimum Gasteiger partial charge on any atom is -0.455 e. The number of pyridine rings is 1. The smallest absolute Gasteiger partial charge is 0.357 e. The second kappa shape index (κ2) is 11.1. The quantitative estimate of drug-likeness (QED) is 0.564. The molecular weight excluding hydrogens is 448 g/mol. The van der Waals surface area contributed by atoms with Crippen LogP contribution in [-0.2, 0) is 11.3 Å². The Bertz CT molecular complexity index is 969. The van der Waals surface area contributed by atoms with E-state index in [0.29, 0.717) is 11.7 Å². The zero-order chi connectivity index (χ0) is 24.1. The van der Waals surface area contributed by atoms with Gasteiger partial charge in [-0.3, -0.25) is 9.80 Å². The summed E-state index contributed by atoms with van der Waals surface area (Å²) in [4.78, 5) is 24.6. The fourth-order valence-electron chi connectivity index (χ4n) is 4.89. The molecule has 0 bridgehead atoms. The van der Waals surface area contributed by atoms with Crippen LogP contribution in [0.15, 0.2) is 42.5 Å². The number of piperidine rings is 1. The van der Waals surface area contributed by atoms with Crippen LogP contribution in [0.4, 0.5) is 5.82 Å². The summed E-state index contributed by atoms with van der Waals surface area (Å²) >= 11 is 6.36. The third-order valence-corrected chi connectivity index (χ3v) is 6.99. The van der Waals surface area contributed by atoms with Crippen LogP contribution in [0.25, 0.3) is 0 Å². The fourth-order valence-corrected chi connectivity index (χ4v) is 5.08. The van der Waals surface area contributed by atoms with E-state index in [9.17, 15) is 4.79 Å². The van der Waals surface area contributed by atoms with Crippen molar-refractivity contribution >= 4 is 23.4 Å². The van der Waals surface area contributed by atoms with E-state index in [1.807, 2.05) is 45.0 Å². The fraction of sp³-hybridized carbons (Fsp3) is 0.556. The zero-order valence-electron chi connectivity index (χ0n) is 20.7. The van der Waals surface area contributed by atoms with Gasteiger partial charge in [-0.05, 0) is 76.9 Å². The Morgan fingerprint density at radius 2 is 1.76 bits per heavy atom. The summed E-state index contributed by atoms with van der Waals surface area (Å²) in [5.41, 5.74) is 1.06. The lowest BCUT2D eigenvalue weighted by atomic mass is 10.0. The van der Waals surface area contributed by atoms with Crippen LogP contribution in [0.5, 0.6) is 0 Å². The summed E-state index contributed by atoms with van der Waals surface area (Å²) in [5.74, 6) is 0.495. The molecule has 6 nitrogen and oxygen atoms in total. The number of hydrogen-bond acceptors (Lipinski definition) is 6. The van der Waals surface area contributed by atoms with E-state index in [0.717, 1.165) is 63.1 Å². The maximum atomic E-state index is 12.5. The first-order chi connectivity index (χ1) is 16.3. The number of nitrogens with zero attached hydrogens (tertiary/aromatic N) is 4. The molecule has 184 valence electrons. The number of ether oxygens (including phenoxy) is 1. The van der Waals surface area contributed by atoms with E-state index in [-0.39, 0.29) is 5.97 Å². The molecule has 2 aliphatic rings. The van der Waals surface area contributed by atoms with Gasteiger partial charge in [-0.15, -0.1) is 0 Å². The van der Waals surface area contributed by atoms with Crippen LogP contribution in [0.2, 0.25) is 5.02 Å². The highest BCUT2D eigenvalue weighted by Crippen LogP contribution is 2.24. The number of aromatic nitrogens is 1. The van der Waals surface area contributed by atoms with Gasteiger partial charge in [-0.1, -0.05) is 35.9 Å². The van der Waals surface area contributed by atoms with Crippen LogP contribution < -0.4 is 4.90 Å². The molecule has 0 saturated carbocycles. The van der Waals surface area contributed by atoms with Crippen LogP contribution >= 0.6 is 11.6 Å². The van der Waals surface area contributed by atoms with Crippen molar-refractivity contribution in [1.29, 1.82) is 0 Å². The van der Waals surface area contributed by atoms with E-state index in [1.165, 1.54) is 18.4 Å². The van der Waals surface area contributed by atoms with Crippen molar-refractivity contribution in [3.8, 4) is 0 Å². The lowest BCUT2D eigenvalue weighted by molar-refractivity contribution is 0.00629. The molecule has 34 heavy (non-hydrogen) atoms. The zero-order valence-corrected chi connectivity index (χ0v) is 21.4. The lowest BCUT2D eigenvalue weighted by Crippen LogP contribution is -2.46. The third kappa shape index (κ3) is 6.71. The van der Waals surface area contributed by atoms with Gasteiger partial charge in [0.05, 0.1) is 0 Å². The molecule has 3 heterocycles. The molecule has 7 heteroatoms. The maximum Gasteiger partial charge on any atom is 0.357 e. The Balaban J connectivity index is 1.30. The summed E-state index contributed by atoms with van der Waals surface area (Å²) < 4.78 is 5.50. The Morgan fingerprint density at radius 1 is 1.00 bits per heavy atom. The van der Waals surface area contributed by atoms with Crippen molar-refractivity contribution in [2.75, 3.05) is 44.2 Å². The average molecular weight is 485 g/mol. The number of carbonyl (C=O) groups is 1. The van der Waals surface area contributed by atoms with Crippen molar-refractivity contribution in [3.63, 3.8) is 0 Å². The summed E-state index contributed by atoms with van der Waals surface area (Å²) in [7, 11) is 0. The number of anilines is 1. The first-order valence-electron chi connectivity index (χ1n) is 12.4. The second-order valence-corrected chi connectivity index (χ2v) is 10.8. The van der Waals surface area contributed by atoms with Gasteiger partial charge in [0.15, 0.2) is 5.69 Å². The third-order valence-electron chi connectivity index (χ3n) is 6.62. The van der Waals surface area contributed by atoms with Gasteiger partial charge >= 0.3 is 5.97 Å². The van der Waals surface area contributed by atoms with E-state index < -0.39 is 5.60 Å². The summed E-state index contributed by atoms with van der Waals surface area (Å²) in [5, 5.41) is 0.863. The summed E-state index contributed by atoms with van der Waals surface area (Å²) in [6, 6.07) is 14.4. The van der Waals surface area contributed by atoms with Crippen molar-refractivity contribution in [2.45, 2.75) is 58.2 Å². The molecule has 2 fully saturated rings. The highest BCUT2D eigenvalue weighted by atomic mass is 35.5. The largest absolute Gasteiger partial charge is 0.455 e. The number of carbonyl (C=O) groups excluding carboxylic acids is 1. The van der Waals surface area contributed by atoms with Crippen molar-refractivity contribution < 1.29 is 9.53 Å². The summed E-state index contributed by atoms with van der Waals surface area (Å²) in [6.07, 6.45) is 3.48. The molecule has 4 rings (SSSR count). The van der Waals surface area contributed by atoms with Crippen LogP contribution in [0.3, 0.4) is 0 Å².